The summed E-state index contributed by atoms with van der Waals surface area (Å²) in [5, 5.41) is 7.81. The number of nitrogens with one attached hydrogen (secondary N) is 1. The molecule has 1 heterocycles. The highest BCUT2D eigenvalue weighted by atomic mass is 16.2. The maximum atomic E-state index is 11.7. The van der Waals surface area contributed by atoms with E-state index in [2.05, 4.69) is 17.3 Å². The molecule has 5 heteroatoms. The Labute approximate surface area is 109 Å². The van der Waals surface area contributed by atoms with Gasteiger partial charge in [-0.1, -0.05) is 6.92 Å². The second-order valence-electron chi connectivity index (χ2n) is 4.77. The smallest absolute Gasteiger partial charge is 0.243 e. The Kier molecular flexibility index (Phi) is 5.34. The lowest BCUT2D eigenvalue weighted by Crippen LogP contribution is -2.27. The summed E-state index contributed by atoms with van der Waals surface area (Å²) in [5.41, 5.74) is 3.28. The van der Waals surface area contributed by atoms with Crippen LogP contribution in [0.25, 0.3) is 0 Å². The van der Waals surface area contributed by atoms with Crippen LogP contribution in [0.3, 0.4) is 0 Å². The number of carbonyl (C=O) groups is 1. The fourth-order valence-electron chi connectivity index (χ4n) is 1.80. The molecular weight excluding hydrogens is 228 g/mol. The highest BCUT2D eigenvalue weighted by Crippen LogP contribution is 2.12. The fourth-order valence-corrected chi connectivity index (χ4v) is 1.80. The Balaban J connectivity index is 2.77. The Morgan fingerprint density at radius 1 is 1.39 bits per heavy atom. The van der Waals surface area contributed by atoms with Gasteiger partial charge in [-0.25, -0.2) is 0 Å². The molecule has 0 atom stereocenters. The van der Waals surface area contributed by atoms with Gasteiger partial charge in [0, 0.05) is 31.9 Å². The highest BCUT2D eigenvalue weighted by Gasteiger charge is 2.14. The number of hydrogen-bond acceptors (Lipinski definition) is 3. The first-order valence-corrected chi connectivity index (χ1v) is 6.41. The van der Waals surface area contributed by atoms with E-state index in [1.807, 2.05) is 13.8 Å². The van der Waals surface area contributed by atoms with Gasteiger partial charge in [0.15, 0.2) is 0 Å². The Morgan fingerprint density at radius 3 is 2.61 bits per heavy atom. The number of rotatable bonds is 6. The third-order valence-corrected chi connectivity index (χ3v) is 3.04. The maximum Gasteiger partial charge on any atom is 0.243 e. The summed E-state index contributed by atoms with van der Waals surface area (Å²) in [6, 6.07) is 0. The Bertz CT molecular complexity index is 409. The van der Waals surface area contributed by atoms with Gasteiger partial charge in [-0.2, -0.15) is 5.10 Å². The number of aromatic nitrogens is 2. The van der Waals surface area contributed by atoms with Crippen LogP contribution in [-0.2, 0) is 17.9 Å². The van der Waals surface area contributed by atoms with Crippen molar-refractivity contribution in [2.75, 3.05) is 20.6 Å². The first-order valence-electron chi connectivity index (χ1n) is 6.41. The molecule has 0 unspecified atom stereocenters. The van der Waals surface area contributed by atoms with E-state index in [-0.39, 0.29) is 5.91 Å². The third-order valence-electron chi connectivity index (χ3n) is 3.04. The molecule has 18 heavy (non-hydrogen) atoms. The lowest BCUT2D eigenvalue weighted by atomic mass is 10.2. The topological polar surface area (TPSA) is 50.2 Å². The van der Waals surface area contributed by atoms with Gasteiger partial charge in [0.25, 0.3) is 0 Å². The van der Waals surface area contributed by atoms with Crippen LogP contribution in [0.5, 0.6) is 0 Å². The SMILES string of the molecule is CCCNCc1c(C)nn(CC(=O)N(C)C)c1C. The summed E-state index contributed by atoms with van der Waals surface area (Å²) in [6.07, 6.45) is 1.12. The van der Waals surface area contributed by atoms with Crippen LogP contribution in [0.1, 0.15) is 30.3 Å². The molecule has 0 aliphatic carbocycles. The highest BCUT2D eigenvalue weighted by molar-refractivity contribution is 5.75. The van der Waals surface area contributed by atoms with E-state index in [1.54, 1.807) is 23.7 Å². The standard InChI is InChI=1S/C13H24N4O/c1-6-7-14-8-12-10(2)15-17(11(12)3)9-13(18)16(4)5/h14H,6-9H2,1-5H3. The average molecular weight is 252 g/mol. The summed E-state index contributed by atoms with van der Waals surface area (Å²) in [7, 11) is 3.52. The van der Waals surface area contributed by atoms with Crippen molar-refractivity contribution in [3.05, 3.63) is 17.0 Å². The van der Waals surface area contributed by atoms with Crippen LogP contribution in [0.15, 0.2) is 0 Å². The average Bonchev–Trinajstić information content (AvgIpc) is 2.56. The molecule has 0 aliphatic heterocycles. The van der Waals surface area contributed by atoms with Gasteiger partial charge in [0.05, 0.1) is 5.69 Å². The molecule has 1 rings (SSSR count). The van der Waals surface area contributed by atoms with Crippen LogP contribution >= 0.6 is 0 Å². The summed E-state index contributed by atoms with van der Waals surface area (Å²) < 4.78 is 1.79. The molecule has 1 amide bonds. The van der Waals surface area contributed by atoms with E-state index in [9.17, 15) is 4.79 Å². The maximum absolute atomic E-state index is 11.7. The monoisotopic (exact) mass is 252 g/mol. The van der Waals surface area contributed by atoms with Crippen molar-refractivity contribution >= 4 is 5.91 Å². The zero-order chi connectivity index (χ0) is 13.7. The van der Waals surface area contributed by atoms with E-state index in [0.717, 1.165) is 30.9 Å². The zero-order valence-corrected chi connectivity index (χ0v) is 12.1. The molecule has 102 valence electrons. The number of likely N-dealkylation sites (N-methyl/N-ethyl adjacent to an activating group) is 1. The van der Waals surface area contributed by atoms with Gasteiger partial charge < -0.3 is 10.2 Å². The molecule has 0 aliphatic rings. The van der Waals surface area contributed by atoms with Crippen LogP contribution in [-0.4, -0.2) is 41.2 Å². The lowest BCUT2D eigenvalue weighted by Gasteiger charge is -2.11. The van der Waals surface area contributed by atoms with Crippen LogP contribution in [0.2, 0.25) is 0 Å². The quantitative estimate of drug-likeness (QED) is 0.771. The second-order valence-corrected chi connectivity index (χ2v) is 4.77. The number of hydrogen-bond donors (Lipinski definition) is 1. The van der Waals surface area contributed by atoms with E-state index < -0.39 is 0 Å². The van der Waals surface area contributed by atoms with Crippen LogP contribution in [0, 0.1) is 13.8 Å². The van der Waals surface area contributed by atoms with E-state index in [4.69, 9.17) is 0 Å². The van der Waals surface area contributed by atoms with Crippen molar-refractivity contribution in [2.45, 2.75) is 40.3 Å². The molecule has 0 saturated carbocycles. The number of carbonyl (C=O) groups excluding carboxylic acids is 1. The molecule has 1 N–H and O–H groups in total. The first kappa shape index (κ1) is 14.7. The minimum atomic E-state index is 0.0636. The number of aryl methyl sites for hydroxylation is 1. The van der Waals surface area contributed by atoms with E-state index in [1.165, 1.54) is 5.56 Å². The van der Waals surface area contributed by atoms with Crippen molar-refractivity contribution < 1.29 is 4.79 Å². The molecule has 0 saturated heterocycles. The second kappa shape index (κ2) is 6.54. The molecule has 0 radical (unpaired) electrons. The van der Waals surface area contributed by atoms with Gasteiger partial charge in [0.2, 0.25) is 5.91 Å². The number of amides is 1. The molecule has 0 fully saturated rings. The lowest BCUT2D eigenvalue weighted by molar-refractivity contribution is -0.129. The third kappa shape index (κ3) is 3.57. The van der Waals surface area contributed by atoms with Crippen molar-refractivity contribution in [2.24, 2.45) is 0 Å². The van der Waals surface area contributed by atoms with Gasteiger partial charge in [0.1, 0.15) is 6.54 Å². The van der Waals surface area contributed by atoms with Crippen molar-refractivity contribution in [3.63, 3.8) is 0 Å². The summed E-state index contributed by atoms with van der Waals surface area (Å²) >= 11 is 0. The van der Waals surface area contributed by atoms with Crippen LogP contribution in [0.4, 0.5) is 0 Å². The molecule has 0 aromatic carbocycles. The first-order chi connectivity index (χ1) is 8.47. The zero-order valence-electron chi connectivity index (χ0n) is 12.1. The Hall–Kier alpha value is -1.36. The summed E-state index contributed by atoms with van der Waals surface area (Å²) in [4.78, 5) is 13.3. The minimum Gasteiger partial charge on any atom is -0.347 e. The van der Waals surface area contributed by atoms with Crippen molar-refractivity contribution in [1.29, 1.82) is 0 Å². The van der Waals surface area contributed by atoms with Crippen molar-refractivity contribution in [1.82, 2.24) is 20.0 Å². The van der Waals surface area contributed by atoms with E-state index in [0.29, 0.717) is 6.54 Å². The van der Waals surface area contributed by atoms with Gasteiger partial charge in [-0.15, -0.1) is 0 Å². The molecule has 5 nitrogen and oxygen atoms in total. The van der Waals surface area contributed by atoms with Gasteiger partial charge in [-0.05, 0) is 26.8 Å². The van der Waals surface area contributed by atoms with Gasteiger partial charge in [-0.3, -0.25) is 9.48 Å². The van der Waals surface area contributed by atoms with Crippen molar-refractivity contribution in [3.8, 4) is 0 Å². The van der Waals surface area contributed by atoms with Crippen LogP contribution < -0.4 is 5.32 Å². The predicted molar refractivity (Wildman–Crippen MR) is 72.4 cm³/mol. The molecule has 1 aromatic rings. The Morgan fingerprint density at radius 2 is 2.06 bits per heavy atom. The normalized spacial score (nSPS) is 10.7. The van der Waals surface area contributed by atoms with Gasteiger partial charge >= 0.3 is 0 Å². The fraction of sp³-hybridized carbons (Fsp3) is 0.692. The molecule has 0 spiro atoms. The molecule has 0 bridgehead atoms. The molecular formula is C13H24N4O. The predicted octanol–water partition coefficient (Wildman–Crippen LogP) is 1.09. The number of nitrogens with zero attached hydrogens (tertiary/aromatic N) is 3. The summed E-state index contributed by atoms with van der Waals surface area (Å²) in [6.45, 7) is 8.29. The molecule has 1 aromatic heterocycles. The largest absolute Gasteiger partial charge is 0.347 e. The summed E-state index contributed by atoms with van der Waals surface area (Å²) in [5.74, 6) is 0.0636. The minimum absolute atomic E-state index is 0.0636. The van der Waals surface area contributed by atoms with E-state index >= 15 is 0 Å².